The first-order valence-corrected chi connectivity index (χ1v) is 11.7. The quantitative estimate of drug-likeness (QED) is 0.380. The Bertz CT molecular complexity index is 1370. The Morgan fingerprint density at radius 3 is 2.33 bits per heavy atom. The van der Waals surface area contributed by atoms with Gasteiger partial charge in [-0.25, -0.2) is 8.42 Å². The highest BCUT2D eigenvalue weighted by Gasteiger charge is 2.23. The van der Waals surface area contributed by atoms with Crippen molar-refractivity contribution in [3.05, 3.63) is 90.6 Å². The molecule has 1 heterocycles. The number of phenols is 1. The number of aromatic nitrogens is 2. The molecule has 0 atom stereocenters. The second-order valence-corrected chi connectivity index (χ2v) is 9.03. The Morgan fingerprint density at radius 1 is 1.00 bits per heavy atom. The van der Waals surface area contributed by atoms with E-state index in [2.05, 4.69) is 15.5 Å². The number of hydrogen-bond acceptors (Lipinski definition) is 5. The van der Waals surface area contributed by atoms with Gasteiger partial charge in [0.15, 0.2) is 0 Å². The molecular weight excluding hydrogens is 440 g/mol. The van der Waals surface area contributed by atoms with E-state index in [0.29, 0.717) is 22.6 Å². The summed E-state index contributed by atoms with van der Waals surface area (Å²) >= 11 is 0. The molecular formula is C24H22N4O4S. The number of carbonyl (C=O) groups excluding carboxylic acids is 1. The zero-order valence-electron chi connectivity index (χ0n) is 17.8. The number of nitrogens with one attached hydrogen (secondary N) is 2. The first-order chi connectivity index (χ1) is 15.9. The van der Waals surface area contributed by atoms with E-state index in [-0.39, 0.29) is 22.9 Å². The Morgan fingerprint density at radius 2 is 1.67 bits per heavy atom. The maximum Gasteiger partial charge on any atom is 0.273 e. The lowest BCUT2D eigenvalue weighted by Gasteiger charge is -2.23. The summed E-state index contributed by atoms with van der Waals surface area (Å²) in [6, 6.07) is 23.1. The van der Waals surface area contributed by atoms with Crippen LogP contribution in [0.15, 0.2) is 89.8 Å². The molecule has 3 N–H and O–H groups in total. The molecule has 0 aliphatic rings. The van der Waals surface area contributed by atoms with Crippen molar-refractivity contribution in [1.29, 1.82) is 0 Å². The number of carbonyl (C=O) groups is 1. The zero-order valence-corrected chi connectivity index (χ0v) is 18.6. The molecule has 0 bridgehead atoms. The summed E-state index contributed by atoms with van der Waals surface area (Å²) in [5.74, 6) is -0.386. The van der Waals surface area contributed by atoms with Crippen molar-refractivity contribution in [1.82, 2.24) is 10.2 Å². The van der Waals surface area contributed by atoms with Gasteiger partial charge in [-0.15, -0.1) is 0 Å². The van der Waals surface area contributed by atoms with Crippen molar-refractivity contribution in [2.75, 3.05) is 16.2 Å². The summed E-state index contributed by atoms with van der Waals surface area (Å²) in [7, 11) is -3.75. The minimum Gasteiger partial charge on any atom is -0.507 e. The van der Waals surface area contributed by atoms with Gasteiger partial charge < -0.3 is 10.4 Å². The number of nitrogens with zero attached hydrogens (tertiary/aromatic N) is 2. The van der Waals surface area contributed by atoms with Crippen LogP contribution in [-0.4, -0.2) is 36.2 Å². The highest BCUT2D eigenvalue weighted by molar-refractivity contribution is 7.92. The highest BCUT2D eigenvalue weighted by Crippen LogP contribution is 2.28. The highest BCUT2D eigenvalue weighted by atomic mass is 32.2. The smallest absolute Gasteiger partial charge is 0.273 e. The van der Waals surface area contributed by atoms with Gasteiger partial charge in [-0.1, -0.05) is 30.3 Å². The predicted octanol–water partition coefficient (Wildman–Crippen LogP) is 4.25. The average Bonchev–Trinajstić information content (AvgIpc) is 3.31. The number of rotatable bonds is 7. The van der Waals surface area contributed by atoms with Crippen LogP contribution in [0.1, 0.15) is 17.4 Å². The van der Waals surface area contributed by atoms with Gasteiger partial charge in [0.05, 0.1) is 16.3 Å². The number of H-pyrrole nitrogens is 1. The van der Waals surface area contributed by atoms with Crippen molar-refractivity contribution in [2.24, 2.45) is 0 Å². The normalized spacial score (nSPS) is 11.2. The average molecular weight is 463 g/mol. The molecule has 0 unspecified atom stereocenters. The minimum absolute atomic E-state index is 0.0596. The minimum atomic E-state index is -3.75. The van der Waals surface area contributed by atoms with Crippen LogP contribution in [0.5, 0.6) is 5.75 Å². The predicted molar refractivity (Wildman–Crippen MR) is 127 cm³/mol. The summed E-state index contributed by atoms with van der Waals surface area (Å²) in [5, 5.41) is 19.4. The van der Waals surface area contributed by atoms with Gasteiger partial charge in [0.25, 0.3) is 15.9 Å². The number of amides is 1. The van der Waals surface area contributed by atoms with Crippen LogP contribution < -0.4 is 9.62 Å². The molecule has 0 saturated heterocycles. The number of aromatic hydroxyl groups is 1. The Balaban J connectivity index is 1.50. The van der Waals surface area contributed by atoms with Crippen LogP contribution in [0, 0.1) is 0 Å². The van der Waals surface area contributed by atoms with E-state index in [4.69, 9.17) is 0 Å². The Labute approximate surface area is 191 Å². The van der Waals surface area contributed by atoms with Crippen molar-refractivity contribution < 1.29 is 18.3 Å². The lowest BCUT2D eigenvalue weighted by molar-refractivity contribution is 0.102. The largest absolute Gasteiger partial charge is 0.507 e. The van der Waals surface area contributed by atoms with Crippen LogP contribution in [0.4, 0.5) is 11.4 Å². The van der Waals surface area contributed by atoms with Crippen LogP contribution in [0.2, 0.25) is 0 Å². The van der Waals surface area contributed by atoms with E-state index >= 15 is 0 Å². The van der Waals surface area contributed by atoms with Gasteiger partial charge in [0, 0.05) is 17.8 Å². The van der Waals surface area contributed by atoms with Gasteiger partial charge in [0.1, 0.15) is 11.4 Å². The molecule has 0 fully saturated rings. The number of aromatic amines is 1. The summed E-state index contributed by atoms with van der Waals surface area (Å²) < 4.78 is 27.5. The lowest BCUT2D eigenvalue weighted by Crippen LogP contribution is -2.30. The molecule has 0 spiro atoms. The van der Waals surface area contributed by atoms with Crippen molar-refractivity contribution in [3.63, 3.8) is 0 Å². The van der Waals surface area contributed by atoms with Crippen molar-refractivity contribution >= 4 is 27.3 Å². The number of sulfonamides is 1. The fourth-order valence-electron chi connectivity index (χ4n) is 3.39. The summed E-state index contributed by atoms with van der Waals surface area (Å²) in [6.07, 6.45) is 0. The molecule has 33 heavy (non-hydrogen) atoms. The summed E-state index contributed by atoms with van der Waals surface area (Å²) in [6.45, 7) is 2.05. The monoisotopic (exact) mass is 462 g/mol. The van der Waals surface area contributed by atoms with E-state index in [1.807, 2.05) is 6.07 Å². The molecule has 168 valence electrons. The molecule has 0 radical (unpaired) electrons. The maximum atomic E-state index is 13.1. The molecule has 0 saturated carbocycles. The second kappa shape index (κ2) is 9.17. The standard InChI is InChI=1S/C24H22N4O4S/c1-2-28(18-8-4-3-5-9-18)33(31,32)19-14-12-17(13-15-19)25-24(30)22-16-21(26-27-22)20-10-6-7-11-23(20)29/h3-16,29H,2H2,1H3,(H,25,30)(H,26,27). The number of phenolic OH excluding ortho intramolecular Hbond substituents is 1. The first kappa shape index (κ1) is 22.1. The molecule has 3 aromatic carbocycles. The molecule has 4 aromatic rings. The fraction of sp³-hybridized carbons (Fsp3) is 0.0833. The third kappa shape index (κ3) is 4.58. The molecule has 1 aromatic heterocycles. The SMILES string of the molecule is CCN(c1ccccc1)S(=O)(=O)c1ccc(NC(=O)c2cc(-c3ccccc3O)n[nH]2)cc1. The van der Waals surface area contributed by atoms with Gasteiger partial charge >= 0.3 is 0 Å². The van der Waals surface area contributed by atoms with Crippen LogP contribution in [0.3, 0.4) is 0 Å². The van der Waals surface area contributed by atoms with Crippen molar-refractivity contribution in [3.8, 4) is 17.0 Å². The number of para-hydroxylation sites is 2. The Hall–Kier alpha value is -4.11. The van der Waals surface area contributed by atoms with Crippen molar-refractivity contribution in [2.45, 2.75) is 11.8 Å². The van der Waals surface area contributed by atoms with Crippen LogP contribution in [-0.2, 0) is 10.0 Å². The van der Waals surface area contributed by atoms with Crippen LogP contribution >= 0.6 is 0 Å². The fourth-order valence-corrected chi connectivity index (χ4v) is 4.86. The second-order valence-electron chi connectivity index (χ2n) is 7.17. The van der Waals surface area contributed by atoms with E-state index in [1.54, 1.807) is 49.4 Å². The molecule has 4 rings (SSSR count). The molecule has 1 amide bonds. The zero-order chi connectivity index (χ0) is 23.4. The van der Waals surface area contributed by atoms with Gasteiger partial charge in [-0.3, -0.25) is 14.2 Å². The third-order valence-corrected chi connectivity index (χ3v) is 6.95. The summed E-state index contributed by atoms with van der Waals surface area (Å²) in [4.78, 5) is 12.7. The van der Waals surface area contributed by atoms with Crippen LogP contribution in [0.25, 0.3) is 11.3 Å². The summed E-state index contributed by atoms with van der Waals surface area (Å²) in [5.41, 5.74) is 2.14. The number of benzene rings is 3. The van der Waals surface area contributed by atoms with E-state index in [0.717, 1.165) is 0 Å². The molecule has 9 heteroatoms. The van der Waals surface area contributed by atoms with Gasteiger partial charge in [-0.05, 0) is 61.5 Å². The topological polar surface area (TPSA) is 115 Å². The molecule has 0 aliphatic heterocycles. The Kier molecular flexibility index (Phi) is 6.14. The maximum absolute atomic E-state index is 13.1. The van der Waals surface area contributed by atoms with Gasteiger partial charge in [-0.2, -0.15) is 5.10 Å². The van der Waals surface area contributed by atoms with E-state index in [9.17, 15) is 18.3 Å². The van der Waals surface area contributed by atoms with E-state index in [1.165, 1.54) is 40.7 Å². The number of hydrogen-bond donors (Lipinski definition) is 3. The van der Waals surface area contributed by atoms with Gasteiger partial charge in [0.2, 0.25) is 0 Å². The number of anilines is 2. The first-order valence-electron chi connectivity index (χ1n) is 10.2. The van der Waals surface area contributed by atoms with E-state index < -0.39 is 15.9 Å². The molecule has 0 aliphatic carbocycles. The molecule has 8 nitrogen and oxygen atoms in total. The third-order valence-electron chi connectivity index (χ3n) is 5.03. The lowest BCUT2D eigenvalue weighted by atomic mass is 10.1.